The lowest BCUT2D eigenvalue weighted by Crippen LogP contribution is -2.37. The molecule has 1 aromatic rings. The van der Waals surface area contributed by atoms with Crippen LogP contribution < -0.4 is 0 Å². The van der Waals surface area contributed by atoms with Crippen LogP contribution in [0.15, 0.2) is 42.3 Å². The van der Waals surface area contributed by atoms with Gasteiger partial charge in [0.1, 0.15) is 0 Å². The van der Waals surface area contributed by atoms with Crippen LogP contribution >= 0.6 is 0 Å². The second kappa shape index (κ2) is 8.18. The summed E-state index contributed by atoms with van der Waals surface area (Å²) in [6, 6.07) is 8.72. The molecule has 1 fully saturated rings. The second-order valence-corrected chi connectivity index (χ2v) is 7.17. The van der Waals surface area contributed by atoms with Gasteiger partial charge in [-0.05, 0) is 18.4 Å². The number of nitrogens with zero attached hydrogens (tertiary/aromatic N) is 1. The lowest BCUT2D eigenvalue weighted by Gasteiger charge is -2.30. The topological polar surface area (TPSA) is 51.8 Å². The number of aryl methyl sites for hydroxylation is 1. The van der Waals surface area contributed by atoms with Crippen molar-refractivity contribution in [2.45, 2.75) is 26.2 Å². The molecule has 2 rings (SSSR count). The van der Waals surface area contributed by atoms with Gasteiger partial charge in [-0.1, -0.05) is 43.3 Å². The van der Waals surface area contributed by atoms with Crippen LogP contribution in [0.1, 0.15) is 30.4 Å². The zero-order chi connectivity index (χ0) is 14.5. The average molecular weight is 307 g/mol. The van der Waals surface area contributed by atoms with Gasteiger partial charge in [-0.15, -0.1) is 5.73 Å². The van der Waals surface area contributed by atoms with Gasteiger partial charge < -0.3 is 10.4 Å². The SMILES string of the molecule is C=C=C(CC(C)c1ccc(C)cc1)N1CCS(=O)CC1.O. The monoisotopic (exact) mass is 307 g/mol. The van der Waals surface area contributed by atoms with Crippen LogP contribution in [-0.4, -0.2) is 39.2 Å². The van der Waals surface area contributed by atoms with Crippen molar-refractivity contribution < 1.29 is 9.69 Å². The summed E-state index contributed by atoms with van der Waals surface area (Å²) in [7, 11) is -0.634. The van der Waals surface area contributed by atoms with Gasteiger partial charge >= 0.3 is 0 Å². The highest BCUT2D eigenvalue weighted by molar-refractivity contribution is 7.85. The van der Waals surface area contributed by atoms with Gasteiger partial charge in [-0.25, -0.2) is 0 Å². The summed E-state index contributed by atoms with van der Waals surface area (Å²) in [4.78, 5) is 2.29. The van der Waals surface area contributed by atoms with Gasteiger partial charge in [0, 0.05) is 41.8 Å². The molecule has 1 unspecified atom stereocenters. The Labute approximate surface area is 130 Å². The average Bonchev–Trinajstić information content (AvgIpc) is 2.46. The first-order valence-corrected chi connectivity index (χ1v) is 8.64. The molecule has 116 valence electrons. The molecule has 0 amide bonds. The predicted molar refractivity (Wildman–Crippen MR) is 89.9 cm³/mol. The van der Waals surface area contributed by atoms with E-state index in [4.69, 9.17) is 0 Å². The van der Waals surface area contributed by atoms with Gasteiger partial charge in [-0.3, -0.25) is 4.21 Å². The third-order valence-corrected chi connectivity index (χ3v) is 5.19. The van der Waals surface area contributed by atoms with E-state index in [2.05, 4.69) is 55.3 Å². The van der Waals surface area contributed by atoms with Crippen LogP contribution in [0, 0.1) is 6.92 Å². The maximum absolute atomic E-state index is 11.4. The molecule has 4 heteroatoms. The van der Waals surface area contributed by atoms with E-state index in [1.807, 2.05) is 0 Å². The molecule has 0 saturated carbocycles. The Bertz CT molecular complexity index is 522. The molecule has 2 N–H and O–H groups in total. The molecule has 1 saturated heterocycles. The highest BCUT2D eigenvalue weighted by atomic mass is 32.2. The standard InChI is InChI=1S/C17H23NOS.H2O/c1-4-17(18-9-11-20(19)12-10-18)13-15(3)16-7-5-14(2)6-8-16;/h5-8,15H,1,9-13H2,2-3H3;1H2. The van der Waals surface area contributed by atoms with E-state index >= 15 is 0 Å². The summed E-state index contributed by atoms with van der Waals surface area (Å²) in [5.74, 6) is 1.99. The zero-order valence-electron chi connectivity index (χ0n) is 12.9. The first-order valence-electron chi connectivity index (χ1n) is 7.15. The van der Waals surface area contributed by atoms with Crippen LogP contribution in [-0.2, 0) is 10.8 Å². The number of hydrogen-bond acceptors (Lipinski definition) is 2. The van der Waals surface area contributed by atoms with Gasteiger partial charge in [-0.2, -0.15) is 0 Å². The van der Waals surface area contributed by atoms with E-state index < -0.39 is 10.8 Å². The smallest absolute Gasteiger partial charge is 0.0564 e. The van der Waals surface area contributed by atoms with Crippen molar-refractivity contribution in [2.75, 3.05) is 24.6 Å². The molecule has 0 aliphatic carbocycles. The molecular formula is C17H25NO2S. The molecule has 0 radical (unpaired) electrons. The van der Waals surface area contributed by atoms with E-state index in [-0.39, 0.29) is 5.48 Å². The number of benzene rings is 1. The van der Waals surface area contributed by atoms with Gasteiger partial charge in [0.15, 0.2) is 0 Å². The largest absolute Gasteiger partial charge is 0.412 e. The first-order chi connectivity index (χ1) is 9.60. The van der Waals surface area contributed by atoms with E-state index in [0.29, 0.717) is 5.92 Å². The predicted octanol–water partition coefficient (Wildman–Crippen LogP) is 2.40. The Balaban J connectivity index is 0.00000220. The third kappa shape index (κ3) is 4.85. The number of allylic oxidation sites excluding steroid dienone is 1. The molecular weight excluding hydrogens is 282 g/mol. The van der Waals surface area contributed by atoms with E-state index in [9.17, 15) is 4.21 Å². The Morgan fingerprint density at radius 2 is 1.90 bits per heavy atom. The summed E-state index contributed by atoms with van der Waals surface area (Å²) < 4.78 is 11.4. The van der Waals surface area contributed by atoms with Crippen molar-refractivity contribution in [3.8, 4) is 0 Å². The highest BCUT2D eigenvalue weighted by Crippen LogP contribution is 2.25. The normalized spacial score (nSPS) is 16.8. The van der Waals surface area contributed by atoms with Crippen molar-refractivity contribution >= 4 is 10.8 Å². The molecule has 1 atom stereocenters. The van der Waals surface area contributed by atoms with Crippen LogP contribution in [0.4, 0.5) is 0 Å². The summed E-state index contributed by atoms with van der Waals surface area (Å²) in [5, 5.41) is 0. The first kappa shape index (κ1) is 17.7. The van der Waals surface area contributed by atoms with Gasteiger partial charge in [0.25, 0.3) is 0 Å². The fourth-order valence-corrected chi connectivity index (χ4v) is 3.58. The fraction of sp³-hybridized carbons (Fsp3) is 0.471. The van der Waals surface area contributed by atoms with E-state index in [0.717, 1.165) is 36.7 Å². The summed E-state index contributed by atoms with van der Waals surface area (Å²) in [6.07, 6.45) is 0.944. The van der Waals surface area contributed by atoms with Crippen molar-refractivity contribution in [1.82, 2.24) is 4.90 Å². The fourth-order valence-electron chi connectivity index (χ4n) is 2.52. The van der Waals surface area contributed by atoms with E-state index in [1.165, 1.54) is 11.1 Å². The Morgan fingerprint density at radius 3 is 2.43 bits per heavy atom. The second-order valence-electron chi connectivity index (χ2n) is 5.47. The molecule has 1 aliphatic rings. The molecule has 1 aromatic carbocycles. The quantitative estimate of drug-likeness (QED) is 0.802. The minimum Gasteiger partial charge on any atom is -0.412 e. The maximum Gasteiger partial charge on any atom is 0.0564 e. The highest BCUT2D eigenvalue weighted by Gasteiger charge is 2.19. The maximum atomic E-state index is 11.4. The summed E-state index contributed by atoms with van der Waals surface area (Å²) in [6.45, 7) is 9.92. The van der Waals surface area contributed by atoms with Crippen LogP contribution in [0.5, 0.6) is 0 Å². The summed E-state index contributed by atoms with van der Waals surface area (Å²) in [5.41, 5.74) is 6.90. The number of rotatable bonds is 4. The molecule has 0 spiro atoms. The minimum atomic E-state index is -0.634. The Hall–Kier alpha value is -1.35. The van der Waals surface area contributed by atoms with Gasteiger partial charge in [0.2, 0.25) is 0 Å². The summed E-state index contributed by atoms with van der Waals surface area (Å²) >= 11 is 0. The van der Waals surface area contributed by atoms with Crippen LogP contribution in [0.2, 0.25) is 0 Å². The van der Waals surface area contributed by atoms with Crippen molar-refractivity contribution in [2.24, 2.45) is 0 Å². The lowest BCUT2D eigenvalue weighted by molar-refractivity contribution is 0.357. The third-order valence-electron chi connectivity index (χ3n) is 3.91. The molecule has 1 heterocycles. The minimum absolute atomic E-state index is 0. The van der Waals surface area contributed by atoms with E-state index in [1.54, 1.807) is 0 Å². The molecule has 0 aromatic heterocycles. The Kier molecular flexibility index (Phi) is 6.90. The Morgan fingerprint density at radius 1 is 1.33 bits per heavy atom. The molecule has 0 bridgehead atoms. The zero-order valence-corrected chi connectivity index (χ0v) is 13.7. The number of hydrogen-bond donors (Lipinski definition) is 0. The molecule has 21 heavy (non-hydrogen) atoms. The lowest BCUT2D eigenvalue weighted by atomic mass is 9.95. The molecule has 3 nitrogen and oxygen atoms in total. The van der Waals surface area contributed by atoms with Crippen molar-refractivity contribution in [3.63, 3.8) is 0 Å². The van der Waals surface area contributed by atoms with Crippen LogP contribution in [0.3, 0.4) is 0 Å². The van der Waals surface area contributed by atoms with Crippen molar-refractivity contribution in [3.05, 3.63) is 53.4 Å². The van der Waals surface area contributed by atoms with Crippen molar-refractivity contribution in [1.29, 1.82) is 0 Å². The van der Waals surface area contributed by atoms with Gasteiger partial charge in [0.05, 0.1) is 5.70 Å². The molecule has 1 aliphatic heterocycles. The van der Waals surface area contributed by atoms with Crippen LogP contribution in [0.25, 0.3) is 0 Å².